The molecule has 0 bridgehead atoms. The number of nitrogens with zero attached hydrogens (tertiary/aromatic N) is 2. The first-order valence-corrected chi connectivity index (χ1v) is 15.7. The molecule has 10 nitrogen and oxygen atoms in total. The molecule has 2 heterocycles. The molecular formula is C27H33FN3O7PS. The van der Waals surface area contributed by atoms with Crippen LogP contribution >= 0.6 is 19.4 Å². The minimum Gasteiger partial charge on any atom is -0.496 e. The smallest absolute Gasteiger partial charge is 0.349 e. The van der Waals surface area contributed by atoms with Crippen molar-refractivity contribution in [2.75, 3.05) is 32.4 Å². The summed E-state index contributed by atoms with van der Waals surface area (Å²) in [5.41, 5.74) is 2.28. The van der Waals surface area contributed by atoms with Gasteiger partial charge in [0.25, 0.3) is 0 Å². The number of benzene rings is 1. The number of pyridine rings is 1. The molecule has 40 heavy (non-hydrogen) atoms. The van der Waals surface area contributed by atoms with Crippen LogP contribution in [0.3, 0.4) is 0 Å². The maximum absolute atomic E-state index is 13.8. The van der Waals surface area contributed by atoms with E-state index >= 15 is 0 Å². The number of hydrogen-bond donors (Lipinski definition) is 2. The molecule has 1 saturated heterocycles. The van der Waals surface area contributed by atoms with Gasteiger partial charge in [0, 0.05) is 36.1 Å². The standard InChI is InChI=1S/C27H33FN3O7PS/c1-4-37-39(35,38-5-2)16-30-20(32)12-14-40-27-22-21(24(33)23-19(25(22)36-3)7-6-13-29-23)26(34)31(27)15-17-8-10-18(28)11-9-17/h6-11,13,21,24,27,33H,4-5,12,14-16H2,1-3H3,(H,30,32). The van der Waals surface area contributed by atoms with Crippen LogP contribution in [0.15, 0.2) is 48.2 Å². The van der Waals surface area contributed by atoms with Crippen molar-refractivity contribution in [3.8, 4) is 0 Å². The Morgan fingerprint density at radius 2 is 1.90 bits per heavy atom. The summed E-state index contributed by atoms with van der Waals surface area (Å²) in [6.45, 7) is 3.92. The van der Waals surface area contributed by atoms with Crippen LogP contribution in [0.4, 0.5) is 4.39 Å². The highest BCUT2D eigenvalue weighted by molar-refractivity contribution is 8.00. The van der Waals surface area contributed by atoms with Gasteiger partial charge < -0.3 is 29.1 Å². The summed E-state index contributed by atoms with van der Waals surface area (Å²) in [5.74, 6) is -1.19. The molecular weight excluding hydrogens is 560 g/mol. The first kappa shape index (κ1) is 30.2. The monoisotopic (exact) mass is 593 g/mol. The summed E-state index contributed by atoms with van der Waals surface area (Å²) in [6, 6.07) is 9.37. The van der Waals surface area contributed by atoms with Gasteiger partial charge in [0.1, 0.15) is 29.3 Å². The van der Waals surface area contributed by atoms with Gasteiger partial charge in [-0.3, -0.25) is 19.1 Å². The van der Waals surface area contributed by atoms with Crippen molar-refractivity contribution in [3.63, 3.8) is 0 Å². The van der Waals surface area contributed by atoms with Gasteiger partial charge in [-0.05, 0) is 43.7 Å². The summed E-state index contributed by atoms with van der Waals surface area (Å²) in [7, 11) is -1.93. The summed E-state index contributed by atoms with van der Waals surface area (Å²) in [6.07, 6.45) is 0.206. The van der Waals surface area contributed by atoms with Crippen LogP contribution in [0.2, 0.25) is 0 Å². The lowest BCUT2D eigenvalue weighted by atomic mass is 9.84. The Balaban J connectivity index is 1.56. The number of ether oxygens (including phenoxy) is 1. The predicted molar refractivity (Wildman–Crippen MR) is 148 cm³/mol. The lowest BCUT2D eigenvalue weighted by Crippen LogP contribution is -2.33. The second kappa shape index (κ2) is 13.3. The molecule has 3 unspecified atom stereocenters. The van der Waals surface area contributed by atoms with Crippen molar-refractivity contribution in [3.05, 3.63) is 70.8 Å². The maximum atomic E-state index is 13.8. The van der Waals surface area contributed by atoms with Gasteiger partial charge in [-0.1, -0.05) is 12.1 Å². The number of carbonyl (C=O) groups excluding carboxylic acids is 2. The van der Waals surface area contributed by atoms with Crippen LogP contribution in [0.25, 0.3) is 5.76 Å². The second-order valence-corrected chi connectivity index (χ2v) is 12.4. The zero-order chi connectivity index (χ0) is 28.9. The third-order valence-electron chi connectivity index (χ3n) is 6.57. The fraction of sp³-hybridized carbons (Fsp3) is 0.444. The van der Waals surface area contributed by atoms with Gasteiger partial charge in [0.05, 0.1) is 31.9 Å². The van der Waals surface area contributed by atoms with Crippen LogP contribution in [0.1, 0.15) is 43.2 Å². The van der Waals surface area contributed by atoms with Gasteiger partial charge in [-0.2, -0.15) is 0 Å². The molecule has 0 saturated carbocycles. The lowest BCUT2D eigenvalue weighted by molar-refractivity contribution is -0.134. The number of hydrogen-bond acceptors (Lipinski definition) is 9. The fourth-order valence-corrected chi connectivity index (χ4v) is 7.61. The third-order valence-corrected chi connectivity index (χ3v) is 9.68. The molecule has 4 rings (SSSR count). The van der Waals surface area contributed by atoms with E-state index in [9.17, 15) is 23.7 Å². The number of halogens is 1. The number of aliphatic hydroxyl groups is 1. The minimum absolute atomic E-state index is 0.0684. The first-order chi connectivity index (χ1) is 19.2. The summed E-state index contributed by atoms with van der Waals surface area (Å²) < 4.78 is 42.4. The molecule has 0 radical (unpaired) electrons. The number of rotatable bonds is 13. The average Bonchev–Trinajstić information content (AvgIpc) is 3.20. The molecule has 2 amide bonds. The number of methoxy groups -OCH3 is 1. The maximum Gasteiger partial charge on any atom is 0.349 e. The lowest BCUT2D eigenvalue weighted by Gasteiger charge is -2.29. The molecule has 13 heteroatoms. The summed E-state index contributed by atoms with van der Waals surface area (Å²) in [5, 5.41) is 13.3. The number of amides is 2. The van der Waals surface area contributed by atoms with E-state index < -0.39 is 25.0 Å². The molecule has 2 N–H and O–H groups in total. The molecule has 1 fully saturated rings. The number of nitrogens with one attached hydrogen (secondary N) is 1. The van der Waals surface area contributed by atoms with Crippen molar-refractivity contribution >= 4 is 36.9 Å². The second-order valence-electron chi connectivity index (χ2n) is 9.12. The Bertz CT molecular complexity index is 1300. The van der Waals surface area contributed by atoms with Crippen molar-refractivity contribution in [1.82, 2.24) is 15.2 Å². The number of aromatic nitrogens is 1. The van der Waals surface area contributed by atoms with E-state index in [4.69, 9.17) is 13.8 Å². The molecule has 216 valence electrons. The molecule has 1 aromatic carbocycles. The molecule has 1 aliphatic heterocycles. The highest BCUT2D eigenvalue weighted by Gasteiger charge is 2.53. The number of likely N-dealkylation sites (tertiary alicyclic amines) is 1. The fourth-order valence-electron chi connectivity index (χ4n) is 4.88. The van der Waals surface area contributed by atoms with Crippen LogP contribution in [0, 0.1) is 11.7 Å². The normalized spacial score (nSPS) is 20.4. The zero-order valence-corrected chi connectivity index (χ0v) is 24.3. The minimum atomic E-state index is -3.43. The van der Waals surface area contributed by atoms with Crippen LogP contribution in [-0.2, 0) is 34.5 Å². The molecule has 3 atom stereocenters. The van der Waals surface area contributed by atoms with Gasteiger partial charge in [0.15, 0.2) is 0 Å². The van der Waals surface area contributed by atoms with Crippen molar-refractivity contribution in [1.29, 1.82) is 0 Å². The summed E-state index contributed by atoms with van der Waals surface area (Å²) in [4.78, 5) is 32.3. The molecule has 2 aliphatic rings. The van der Waals surface area contributed by atoms with E-state index in [1.165, 1.54) is 31.0 Å². The van der Waals surface area contributed by atoms with Crippen molar-refractivity contribution in [2.24, 2.45) is 5.92 Å². The van der Waals surface area contributed by atoms with E-state index in [1.807, 2.05) is 0 Å². The largest absolute Gasteiger partial charge is 0.496 e. The molecule has 0 spiro atoms. The van der Waals surface area contributed by atoms with E-state index in [2.05, 4.69) is 10.3 Å². The van der Waals surface area contributed by atoms with E-state index in [-0.39, 0.29) is 50.1 Å². The van der Waals surface area contributed by atoms with Gasteiger partial charge in [-0.15, -0.1) is 11.8 Å². The quantitative estimate of drug-likeness (QED) is 0.331. The molecule has 1 aliphatic carbocycles. The molecule has 2 aromatic rings. The van der Waals surface area contributed by atoms with Crippen LogP contribution < -0.4 is 5.32 Å². The van der Waals surface area contributed by atoms with Crippen molar-refractivity contribution < 1.29 is 37.4 Å². The zero-order valence-electron chi connectivity index (χ0n) is 22.5. The third kappa shape index (κ3) is 6.42. The SMILES string of the molecule is CCOP(=O)(CNC(=O)CCSC1C2=C(OC)c3cccnc3C(O)C2C(=O)N1Cc1ccc(F)cc1)OCC. The summed E-state index contributed by atoms with van der Waals surface area (Å²) >= 11 is 1.35. The van der Waals surface area contributed by atoms with Crippen LogP contribution in [0.5, 0.6) is 0 Å². The average molecular weight is 594 g/mol. The van der Waals surface area contributed by atoms with E-state index in [0.29, 0.717) is 33.9 Å². The van der Waals surface area contributed by atoms with Gasteiger partial charge >= 0.3 is 7.60 Å². The Labute approximate surface area is 236 Å². The molecule has 1 aromatic heterocycles. The number of thioether (sulfide) groups is 1. The number of fused-ring (bicyclic) bond motifs is 2. The Morgan fingerprint density at radius 1 is 1.20 bits per heavy atom. The number of aliphatic hydroxyl groups excluding tert-OH is 1. The Hall–Kier alpha value is -2.76. The highest BCUT2D eigenvalue weighted by atomic mass is 32.2. The van der Waals surface area contributed by atoms with Crippen molar-refractivity contribution in [2.45, 2.75) is 38.3 Å². The topological polar surface area (TPSA) is 127 Å². The van der Waals surface area contributed by atoms with Gasteiger partial charge in [0.2, 0.25) is 11.8 Å². The van der Waals surface area contributed by atoms with Gasteiger partial charge in [-0.25, -0.2) is 4.39 Å². The van der Waals surface area contributed by atoms with E-state index in [1.54, 1.807) is 49.2 Å². The van der Waals surface area contributed by atoms with E-state index in [0.717, 1.165) is 0 Å². The Morgan fingerprint density at radius 3 is 2.55 bits per heavy atom. The number of carbonyl (C=O) groups is 2. The Kier molecular flexibility index (Phi) is 10.0. The first-order valence-electron chi connectivity index (χ1n) is 13.0. The van der Waals surface area contributed by atoms with Crippen LogP contribution in [-0.4, -0.2) is 64.5 Å². The predicted octanol–water partition coefficient (Wildman–Crippen LogP) is 4.07. The highest BCUT2D eigenvalue weighted by Crippen LogP contribution is 2.51.